The van der Waals surface area contributed by atoms with E-state index in [0.29, 0.717) is 6.42 Å². The van der Waals surface area contributed by atoms with Gasteiger partial charge in [0, 0.05) is 7.11 Å². The Morgan fingerprint density at radius 1 is 1.53 bits per heavy atom. The third kappa shape index (κ3) is 3.35. The predicted octanol–water partition coefficient (Wildman–Crippen LogP) is 0.747. The van der Waals surface area contributed by atoms with E-state index >= 15 is 0 Å². The molecular weight excluding hydrogens is 224 g/mol. The molecule has 2 unspecified atom stereocenters. The van der Waals surface area contributed by atoms with Crippen molar-refractivity contribution < 1.29 is 24.2 Å². The van der Waals surface area contributed by atoms with Crippen molar-refractivity contribution in [3.8, 4) is 0 Å². The summed E-state index contributed by atoms with van der Waals surface area (Å²) in [5.41, 5.74) is -0.260. The first kappa shape index (κ1) is 13.3. The second kappa shape index (κ2) is 5.54. The Morgan fingerprint density at radius 3 is 2.65 bits per heavy atom. The SMILES string of the molecule is COC1CC(C=C(C(C)=O)C(=O)O)C=CC1=O. The van der Waals surface area contributed by atoms with Gasteiger partial charge < -0.3 is 9.84 Å². The lowest BCUT2D eigenvalue weighted by atomic mass is 9.90. The van der Waals surface area contributed by atoms with Gasteiger partial charge in [-0.15, -0.1) is 0 Å². The zero-order chi connectivity index (χ0) is 13.0. The molecule has 1 rings (SSSR count). The van der Waals surface area contributed by atoms with Crippen LogP contribution in [0.3, 0.4) is 0 Å². The molecule has 92 valence electrons. The highest BCUT2D eigenvalue weighted by molar-refractivity contribution is 6.15. The van der Waals surface area contributed by atoms with Crippen molar-refractivity contribution in [1.82, 2.24) is 0 Å². The Labute approximate surface area is 98.8 Å². The summed E-state index contributed by atoms with van der Waals surface area (Å²) >= 11 is 0. The molecule has 0 radical (unpaired) electrons. The Balaban J connectivity index is 2.91. The van der Waals surface area contributed by atoms with E-state index in [1.165, 1.54) is 26.2 Å². The predicted molar refractivity (Wildman–Crippen MR) is 59.5 cm³/mol. The van der Waals surface area contributed by atoms with E-state index in [0.717, 1.165) is 0 Å². The van der Waals surface area contributed by atoms with Crippen molar-refractivity contribution in [2.45, 2.75) is 19.4 Å². The number of rotatable bonds is 4. The van der Waals surface area contributed by atoms with Crippen LogP contribution in [0, 0.1) is 5.92 Å². The number of ketones is 2. The molecule has 1 aliphatic carbocycles. The van der Waals surface area contributed by atoms with Gasteiger partial charge in [-0.2, -0.15) is 0 Å². The lowest BCUT2D eigenvalue weighted by Gasteiger charge is -2.20. The summed E-state index contributed by atoms with van der Waals surface area (Å²) in [5, 5.41) is 8.84. The van der Waals surface area contributed by atoms with Crippen molar-refractivity contribution in [3.63, 3.8) is 0 Å². The highest BCUT2D eigenvalue weighted by atomic mass is 16.5. The molecule has 0 aromatic heterocycles. The lowest BCUT2D eigenvalue weighted by molar-refractivity contribution is -0.134. The molecule has 0 amide bonds. The number of hydrogen-bond donors (Lipinski definition) is 1. The molecule has 0 spiro atoms. The van der Waals surface area contributed by atoms with Gasteiger partial charge in [0.1, 0.15) is 6.10 Å². The summed E-state index contributed by atoms with van der Waals surface area (Å²) in [4.78, 5) is 33.2. The summed E-state index contributed by atoms with van der Waals surface area (Å²) in [7, 11) is 1.42. The molecule has 5 nitrogen and oxygen atoms in total. The van der Waals surface area contributed by atoms with E-state index in [9.17, 15) is 14.4 Å². The van der Waals surface area contributed by atoms with Crippen molar-refractivity contribution in [2.75, 3.05) is 7.11 Å². The minimum Gasteiger partial charge on any atom is -0.478 e. The molecule has 0 saturated heterocycles. The second-order valence-electron chi connectivity index (χ2n) is 3.83. The zero-order valence-corrected chi connectivity index (χ0v) is 9.67. The number of Topliss-reactive ketones (excluding diaryl/α,β-unsaturated/α-hetero) is 1. The van der Waals surface area contributed by atoms with Gasteiger partial charge >= 0.3 is 5.97 Å². The molecule has 1 N–H and O–H groups in total. The summed E-state index contributed by atoms with van der Waals surface area (Å²) < 4.78 is 4.97. The van der Waals surface area contributed by atoms with Crippen LogP contribution in [0.1, 0.15) is 13.3 Å². The van der Waals surface area contributed by atoms with Crippen LogP contribution in [-0.4, -0.2) is 35.9 Å². The van der Waals surface area contributed by atoms with Gasteiger partial charge in [0.2, 0.25) is 0 Å². The van der Waals surface area contributed by atoms with Crippen molar-refractivity contribution in [3.05, 3.63) is 23.8 Å². The van der Waals surface area contributed by atoms with Crippen LogP contribution in [0.15, 0.2) is 23.8 Å². The molecule has 17 heavy (non-hydrogen) atoms. The summed E-state index contributed by atoms with van der Waals surface area (Å²) in [6.07, 6.45) is 4.10. The highest BCUT2D eigenvalue weighted by Crippen LogP contribution is 2.20. The van der Waals surface area contributed by atoms with E-state index in [2.05, 4.69) is 0 Å². The van der Waals surface area contributed by atoms with E-state index in [1.54, 1.807) is 6.08 Å². The third-order valence-electron chi connectivity index (χ3n) is 2.59. The number of methoxy groups -OCH3 is 1. The van der Waals surface area contributed by atoms with Crippen LogP contribution in [0.25, 0.3) is 0 Å². The number of carbonyl (C=O) groups is 3. The Bertz CT molecular complexity index is 389. The molecule has 5 heteroatoms. The van der Waals surface area contributed by atoms with Gasteiger partial charge in [-0.1, -0.05) is 12.2 Å². The largest absolute Gasteiger partial charge is 0.478 e. The number of hydrogen-bond acceptors (Lipinski definition) is 4. The number of carbonyl (C=O) groups excluding carboxylic acids is 2. The normalized spacial score (nSPS) is 24.8. The fraction of sp³-hybridized carbons (Fsp3) is 0.417. The maximum atomic E-state index is 11.3. The van der Waals surface area contributed by atoms with Crippen LogP contribution in [-0.2, 0) is 19.1 Å². The minimum absolute atomic E-state index is 0.142. The fourth-order valence-corrected chi connectivity index (χ4v) is 1.66. The van der Waals surface area contributed by atoms with Crippen LogP contribution in [0.2, 0.25) is 0 Å². The molecule has 0 bridgehead atoms. The average molecular weight is 238 g/mol. The summed E-state index contributed by atoms with van der Waals surface area (Å²) in [6.45, 7) is 1.20. The summed E-state index contributed by atoms with van der Waals surface area (Å²) in [5.74, 6) is -2.17. The lowest BCUT2D eigenvalue weighted by Crippen LogP contribution is -2.27. The number of allylic oxidation sites excluding steroid dienone is 2. The average Bonchev–Trinajstić information content (AvgIpc) is 2.26. The zero-order valence-electron chi connectivity index (χ0n) is 9.67. The Morgan fingerprint density at radius 2 is 2.18 bits per heavy atom. The molecule has 0 heterocycles. The molecule has 0 aromatic carbocycles. The first-order valence-corrected chi connectivity index (χ1v) is 5.16. The van der Waals surface area contributed by atoms with Crippen molar-refractivity contribution in [2.24, 2.45) is 5.92 Å². The maximum absolute atomic E-state index is 11.3. The first-order valence-electron chi connectivity index (χ1n) is 5.16. The maximum Gasteiger partial charge on any atom is 0.339 e. The quantitative estimate of drug-likeness (QED) is 0.444. The fourth-order valence-electron chi connectivity index (χ4n) is 1.66. The van der Waals surface area contributed by atoms with Crippen molar-refractivity contribution in [1.29, 1.82) is 0 Å². The first-order chi connectivity index (χ1) is 7.95. The van der Waals surface area contributed by atoms with E-state index in [4.69, 9.17) is 9.84 Å². The van der Waals surface area contributed by atoms with Crippen LogP contribution in [0.4, 0.5) is 0 Å². The number of aliphatic carboxylic acids is 1. The molecule has 0 aliphatic heterocycles. The summed E-state index contributed by atoms with van der Waals surface area (Å²) in [6, 6.07) is 0. The number of carboxylic acid groups (broad SMARTS) is 1. The Hall–Kier alpha value is -1.75. The molecule has 2 atom stereocenters. The van der Waals surface area contributed by atoms with Crippen molar-refractivity contribution >= 4 is 17.5 Å². The number of carboxylic acids is 1. The Kier molecular flexibility index (Phi) is 4.34. The minimum atomic E-state index is -1.25. The molecule has 0 aromatic rings. The van der Waals surface area contributed by atoms with Crippen LogP contribution >= 0.6 is 0 Å². The molecule has 0 fully saturated rings. The molecular formula is C12H14O5. The van der Waals surface area contributed by atoms with Gasteiger partial charge in [0.15, 0.2) is 11.6 Å². The van der Waals surface area contributed by atoms with Gasteiger partial charge in [-0.25, -0.2) is 4.79 Å². The molecule has 0 saturated carbocycles. The van der Waals surface area contributed by atoms with E-state index in [1.807, 2.05) is 0 Å². The van der Waals surface area contributed by atoms with E-state index < -0.39 is 17.9 Å². The smallest absolute Gasteiger partial charge is 0.339 e. The second-order valence-corrected chi connectivity index (χ2v) is 3.83. The standard InChI is InChI=1S/C12H14O5/c1-7(13)9(12(15)16)5-8-3-4-10(14)11(6-8)17-2/h3-5,8,11H,6H2,1-2H3,(H,15,16). The van der Waals surface area contributed by atoms with Crippen LogP contribution < -0.4 is 0 Å². The van der Waals surface area contributed by atoms with Gasteiger partial charge in [-0.05, 0) is 25.3 Å². The van der Waals surface area contributed by atoms with Gasteiger partial charge in [-0.3, -0.25) is 9.59 Å². The topological polar surface area (TPSA) is 80.7 Å². The van der Waals surface area contributed by atoms with Gasteiger partial charge in [0.25, 0.3) is 0 Å². The van der Waals surface area contributed by atoms with Crippen LogP contribution in [0.5, 0.6) is 0 Å². The highest BCUT2D eigenvalue weighted by Gasteiger charge is 2.24. The number of ether oxygens (including phenoxy) is 1. The van der Waals surface area contributed by atoms with Gasteiger partial charge in [0.05, 0.1) is 5.57 Å². The van der Waals surface area contributed by atoms with E-state index in [-0.39, 0.29) is 17.3 Å². The molecule has 1 aliphatic rings. The monoisotopic (exact) mass is 238 g/mol. The third-order valence-corrected chi connectivity index (χ3v) is 2.59.